The third-order valence-corrected chi connectivity index (χ3v) is 3.56. The van der Waals surface area contributed by atoms with E-state index in [0.717, 1.165) is 0 Å². The average Bonchev–Trinajstić information content (AvgIpc) is 2.65. The number of carbonyl (C=O) groups is 1. The summed E-state index contributed by atoms with van der Waals surface area (Å²) in [5.74, 6) is 0.854. The Morgan fingerprint density at radius 2 is 1.88 bits per heavy atom. The number of hydrogen-bond acceptors (Lipinski definition) is 5. The van der Waals surface area contributed by atoms with Crippen LogP contribution in [0.4, 0.5) is 0 Å². The first-order valence-corrected chi connectivity index (χ1v) is 7.75. The molecule has 0 fully saturated rings. The van der Waals surface area contributed by atoms with Crippen LogP contribution in [0.3, 0.4) is 0 Å². The minimum Gasteiger partial charge on any atom is -0.497 e. The predicted octanol–water partition coefficient (Wildman–Crippen LogP) is 2.61. The molecule has 6 nitrogen and oxygen atoms in total. The molecule has 1 aromatic heterocycles. The van der Waals surface area contributed by atoms with Gasteiger partial charge in [0.15, 0.2) is 11.2 Å². The van der Waals surface area contributed by atoms with Crippen molar-refractivity contribution in [2.75, 3.05) is 20.3 Å². The van der Waals surface area contributed by atoms with Crippen molar-refractivity contribution >= 4 is 16.9 Å². The number of fused-ring (bicyclic) bond motifs is 1. The van der Waals surface area contributed by atoms with Gasteiger partial charge in [0.1, 0.15) is 23.7 Å². The summed E-state index contributed by atoms with van der Waals surface area (Å²) in [6.45, 7) is 0.545. The molecule has 1 amide bonds. The third-order valence-electron chi connectivity index (χ3n) is 3.56. The van der Waals surface area contributed by atoms with Crippen molar-refractivity contribution in [2.24, 2.45) is 0 Å². The summed E-state index contributed by atoms with van der Waals surface area (Å²) in [5, 5.41) is 3.11. The van der Waals surface area contributed by atoms with Crippen molar-refractivity contribution in [3.05, 3.63) is 70.6 Å². The van der Waals surface area contributed by atoms with E-state index in [0.29, 0.717) is 22.5 Å². The fourth-order valence-corrected chi connectivity index (χ4v) is 2.33. The van der Waals surface area contributed by atoms with Gasteiger partial charge in [-0.05, 0) is 24.3 Å². The Balaban J connectivity index is 1.58. The lowest BCUT2D eigenvalue weighted by molar-refractivity contribution is 0.0920. The summed E-state index contributed by atoms with van der Waals surface area (Å²) in [6.07, 6.45) is 0. The van der Waals surface area contributed by atoms with Crippen LogP contribution in [0.5, 0.6) is 11.5 Å². The van der Waals surface area contributed by atoms with Gasteiger partial charge < -0.3 is 19.2 Å². The molecule has 2 aromatic carbocycles. The Labute approximate surface area is 144 Å². The summed E-state index contributed by atoms with van der Waals surface area (Å²) >= 11 is 0. The highest BCUT2D eigenvalue weighted by atomic mass is 16.5. The fraction of sp³-hybridized carbons (Fsp3) is 0.158. The minimum atomic E-state index is -0.461. The third kappa shape index (κ3) is 3.98. The molecule has 0 aliphatic carbocycles. The van der Waals surface area contributed by atoms with Crippen LogP contribution in [-0.2, 0) is 0 Å². The van der Waals surface area contributed by atoms with E-state index in [2.05, 4.69) is 5.32 Å². The van der Waals surface area contributed by atoms with E-state index in [-0.39, 0.29) is 24.3 Å². The molecule has 0 spiro atoms. The van der Waals surface area contributed by atoms with E-state index in [1.54, 1.807) is 43.5 Å². The topological polar surface area (TPSA) is 77.8 Å². The molecule has 25 heavy (non-hydrogen) atoms. The first-order valence-electron chi connectivity index (χ1n) is 7.75. The maximum atomic E-state index is 12.1. The highest BCUT2D eigenvalue weighted by Crippen LogP contribution is 2.18. The molecule has 1 heterocycles. The van der Waals surface area contributed by atoms with Crippen LogP contribution < -0.4 is 20.2 Å². The largest absolute Gasteiger partial charge is 0.497 e. The quantitative estimate of drug-likeness (QED) is 0.699. The number of benzene rings is 2. The number of nitrogens with one attached hydrogen (secondary N) is 1. The van der Waals surface area contributed by atoms with Crippen molar-refractivity contribution < 1.29 is 18.7 Å². The molecule has 0 aliphatic heterocycles. The highest BCUT2D eigenvalue weighted by Gasteiger charge is 2.11. The SMILES string of the molecule is COc1cccc(OCCNC(=O)c2cc(=O)c3ccccc3o2)c1. The van der Waals surface area contributed by atoms with Gasteiger partial charge in [0.05, 0.1) is 19.0 Å². The summed E-state index contributed by atoms with van der Waals surface area (Å²) in [5.41, 5.74) is 0.132. The molecule has 3 rings (SSSR count). The normalized spacial score (nSPS) is 10.4. The van der Waals surface area contributed by atoms with Gasteiger partial charge in [-0.1, -0.05) is 18.2 Å². The molecule has 0 saturated carbocycles. The molecule has 3 aromatic rings. The Kier molecular flexibility index (Phi) is 4.99. The maximum absolute atomic E-state index is 12.1. The van der Waals surface area contributed by atoms with Crippen molar-refractivity contribution in [1.29, 1.82) is 0 Å². The van der Waals surface area contributed by atoms with Crippen LogP contribution in [0, 0.1) is 0 Å². The second-order valence-corrected chi connectivity index (χ2v) is 5.25. The fourth-order valence-electron chi connectivity index (χ4n) is 2.33. The van der Waals surface area contributed by atoms with Crippen molar-refractivity contribution in [3.63, 3.8) is 0 Å². The monoisotopic (exact) mass is 339 g/mol. The van der Waals surface area contributed by atoms with Crippen molar-refractivity contribution in [3.8, 4) is 11.5 Å². The maximum Gasteiger partial charge on any atom is 0.287 e. The summed E-state index contributed by atoms with van der Waals surface area (Å²) < 4.78 is 16.1. The Hall–Kier alpha value is -3.28. The van der Waals surface area contributed by atoms with Crippen molar-refractivity contribution in [1.82, 2.24) is 5.32 Å². The molecule has 0 aliphatic rings. The number of carbonyl (C=O) groups excluding carboxylic acids is 1. The first-order chi connectivity index (χ1) is 12.2. The molecule has 0 saturated heterocycles. The second-order valence-electron chi connectivity index (χ2n) is 5.25. The van der Waals surface area contributed by atoms with Crippen LogP contribution >= 0.6 is 0 Å². The lowest BCUT2D eigenvalue weighted by Crippen LogP contribution is -2.28. The first kappa shape index (κ1) is 16.6. The van der Waals surface area contributed by atoms with E-state index >= 15 is 0 Å². The minimum absolute atomic E-state index is 0.0231. The number of hydrogen-bond donors (Lipinski definition) is 1. The van der Waals surface area contributed by atoms with Crippen LogP contribution in [-0.4, -0.2) is 26.2 Å². The van der Waals surface area contributed by atoms with Gasteiger partial charge in [0, 0.05) is 12.1 Å². The molecule has 6 heteroatoms. The zero-order chi connectivity index (χ0) is 17.6. The van der Waals surface area contributed by atoms with Gasteiger partial charge in [0.25, 0.3) is 5.91 Å². The number of ether oxygens (including phenoxy) is 2. The van der Waals surface area contributed by atoms with Gasteiger partial charge in [-0.2, -0.15) is 0 Å². The summed E-state index contributed by atoms with van der Waals surface area (Å²) in [6, 6.07) is 15.2. The standard InChI is InChI=1S/C19H17NO5/c1-23-13-5-4-6-14(11-13)24-10-9-20-19(22)18-12-16(21)15-7-2-3-8-17(15)25-18/h2-8,11-12H,9-10H2,1H3,(H,20,22). The van der Waals surface area contributed by atoms with E-state index in [1.165, 1.54) is 6.07 Å². The molecule has 128 valence electrons. The molecule has 0 bridgehead atoms. The van der Waals surface area contributed by atoms with E-state index in [1.807, 2.05) is 12.1 Å². The van der Waals surface area contributed by atoms with E-state index in [4.69, 9.17) is 13.9 Å². The van der Waals surface area contributed by atoms with Gasteiger partial charge in [0.2, 0.25) is 0 Å². The average molecular weight is 339 g/mol. The smallest absolute Gasteiger partial charge is 0.287 e. The second kappa shape index (κ2) is 7.53. The lowest BCUT2D eigenvalue weighted by atomic mass is 10.2. The number of rotatable bonds is 6. The number of amides is 1. The zero-order valence-corrected chi connectivity index (χ0v) is 13.7. The molecular weight excluding hydrogens is 322 g/mol. The van der Waals surface area contributed by atoms with Gasteiger partial charge in [-0.25, -0.2) is 0 Å². The zero-order valence-electron chi connectivity index (χ0n) is 13.7. The molecule has 0 atom stereocenters. The lowest BCUT2D eigenvalue weighted by Gasteiger charge is -2.08. The Morgan fingerprint density at radius 1 is 1.08 bits per heavy atom. The van der Waals surface area contributed by atoms with E-state index < -0.39 is 5.91 Å². The van der Waals surface area contributed by atoms with Crippen LogP contribution in [0.25, 0.3) is 11.0 Å². The van der Waals surface area contributed by atoms with Crippen LogP contribution in [0.1, 0.15) is 10.6 Å². The molecule has 1 N–H and O–H groups in total. The summed E-state index contributed by atoms with van der Waals surface area (Å²) in [7, 11) is 1.58. The Bertz CT molecular complexity index is 948. The van der Waals surface area contributed by atoms with Crippen LogP contribution in [0.15, 0.2) is 63.8 Å². The number of methoxy groups -OCH3 is 1. The summed E-state index contributed by atoms with van der Waals surface area (Å²) in [4.78, 5) is 24.1. The van der Waals surface area contributed by atoms with Crippen molar-refractivity contribution in [2.45, 2.75) is 0 Å². The molecule has 0 radical (unpaired) electrons. The van der Waals surface area contributed by atoms with Crippen LogP contribution in [0.2, 0.25) is 0 Å². The molecule has 0 unspecified atom stereocenters. The van der Waals surface area contributed by atoms with Gasteiger partial charge >= 0.3 is 0 Å². The van der Waals surface area contributed by atoms with E-state index in [9.17, 15) is 9.59 Å². The number of para-hydroxylation sites is 1. The Morgan fingerprint density at radius 3 is 2.72 bits per heavy atom. The predicted molar refractivity (Wildman–Crippen MR) is 93.3 cm³/mol. The van der Waals surface area contributed by atoms with Gasteiger partial charge in [-0.3, -0.25) is 9.59 Å². The molecular formula is C19H17NO5. The van der Waals surface area contributed by atoms with Gasteiger partial charge in [-0.15, -0.1) is 0 Å². The highest BCUT2D eigenvalue weighted by molar-refractivity contribution is 5.93.